The van der Waals surface area contributed by atoms with Crippen molar-refractivity contribution < 1.29 is 9.53 Å². The molecule has 1 aliphatic heterocycles. The first-order chi connectivity index (χ1) is 14.1. The predicted octanol–water partition coefficient (Wildman–Crippen LogP) is 3.10. The van der Waals surface area contributed by atoms with Gasteiger partial charge in [0.15, 0.2) is 11.6 Å². The van der Waals surface area contributed by atoms with Crippen LogP contribution in [0, 0.1) is 6.92 Å². The molecule has 4 heterocycles. The number of amides is 2. The number of pyridine rings is 2. The van der Waals surface area contributed by atoms with E-state index in [1.165, 1.54) is 19.5 Å². The Morgan fingerprint density at radius 3 is 2.86 bits per heavy atom. The molecule has 9 heteroatoms. The Morgan fingerprint density at radius 2 is 2.10 bits per heavy atom. The van der Waals surface area contributed by atoms with Crippen LogP contribution < -0.4 is 20.3 Å². The maximum atomic E-state index is 13.0. The lowest BCUT2D eigenvalue weighted by Crippen LogP contribution is -2.36. The zero-order chi connectivity index (χ0) is 20.2. The number of aryl methyl sites for hydroxylation is 1. The largest absolute Gasteiger partial charge is 0.480 e. The van der Waals surface area contributed by atoms with Crippen LogP contribution >= 0.6 is 0 Å². The highest BCUT2D eigenvalue weighted by molar-refractivity contribution is 6.02. The molecule has 29 heavy (non-hydrogen) atoms. The Kier molecular flexibility index (Phi) is 5.19. The molecule has 3 aromatic heterocycles. The Bertz CT molecular complexity index is 1020. The number of urea groups is 1. The summed E-state index contributed by atoms with van der Waals surface area (Å²) in [7, 11) is 1.51. The van der Waals surface area contributed by atoms with Crippen LogP contribution in [0.3, 0.4) is 0 Å². The topological polar surface area (TPSA) is 105 Å². The van der Waals surface area contributed by atoms with Gasteiger partial charge in [-0.05, 0) is 37.6 Å². The lowest BCUT2D eigenvalue weighted by Gasteiger charge is -2.22. The zero-order valence-electron chi connectivity index (χ0n) is 16.2. The molecule has 0 atom stereocenters. The molecular weight excluding hydrogens is 370 g/mol. The fourth-order valence-electron chi connectivity index (χ4n) is 3.08. The SMILES string of the molecule is COc1cnc(NC(=O)N2CCCNc3ccc(-c4ccnc(C)c4)nc32)cn1. The standard InChI is InChI=1S/C20H21N7O2/c1-13-10-14(6-8-21-13)15-4-5-16-19(25-15)27(9-3-7-22-16)20(28)26-17-11-24-18(29-2)12-23-17/h4-6,8,10-12,22H,3,7,9H2,1-2H3,(H,23,26,28). The number of fused-ring (bicyclic) bond motifs is 1. The van der Waals surface area contributed by atoms with Crippen molar-refractivity contribution in [2.75, 3.05) is 35.7 Å². The second-order valence-electron chi connectivity index (χ2n) is 6.56. The average Bonchev–Trinajstić information content (AvgIpc) is 2.96. The number of methoxy groups -OCH3 is 1. The molecule has 0 spiro atoms. The summed E-state index contributed by atoms with van der Waals surface area (Å²) in [6.07, 6.45) is 5.46. The van der Waals surface area contributed by atoms with Crippen molar-refractivity contribution in [2.45, 2.75) is 13.3 Å². The summed E-state index contributed by atoms with van der Waals surface area (Å²) >= 11 is 0. The monoisotopic (exact) mass is 391 g/mol. The van der Waals surface area contributed by atoms with E-state index in [0.717, 1.165) is 35.6 Å². The highest BCUT2D eigenvalue weighted by Crippen LogP contribution is 2.30. The van der Waals surface area contributed by atoms with Crippen molar-refractivity contribution >= 4 is 23.4 Å². The first-order valence-electron chi connectivity index (χ1n) is 9.26. The summed E-state index contributed by atoms with van der Waals surface area (Å²) in [6.45, 7) is 3.22. The number of ether oxygens (including phenoxy) is 1. The minimum absolute atomic E-state index is 0.315. The van der Waals surface area contributed by atoms with Crippen molar-refractivity contribution in [3.8, 4) is 17.1 Å². The van der Waals surface area contributed by atoms with Crippen molar-refractivity contribution in [1.82, 2.24) is 19.9 Å². The van der Waals surface area contributed by atoms with Gasteiger partial charge in [-0.15, -0.1) is 0 Å². The highest BCUT2D eigenvalue weighted by Gasteiger charge is 2.24. The van der Waals surface area contributed by atoms with E-state index in [1.807, 2.05) is 31.2 Å². The second-order valence-corrected chi connectivity index (χ2v) is 6.56. The minimum atomic E-state index is -0.315. The zero-order valence-corrected chi connectivity index (χ0v) is 16.2. The Morgan fingerprint density at radius 1 is 1.21 bits per heavy atom. The lowest BCUT2D eigenvalue weighted by molar-refractivity contribution is 0.256. The number of nitrogens with zero attached hydrogens (tertiary/aromatic N) is 5. The number of nitrogens with one attached hydrogen (secondary N) is 2. The molecule has 0 radical (unpaired) electrons. The number of carbonyl (C=O) groups is 1. The molecule has 2 N–H and O–H groups in total. The molecule has 0 saturated carbocycles. The van der Waals surface area contributed by atoms with Gasteiger partial charge < -0.3 is 10.1 Å². The van der Waals surface area contributed by atoms with E-state index in [4.69, 9.17) is 9.72 Å². The van der Waals surface area contributed by atoms with Crippen molar-refractivity contribution in [3.63, 3.8) is 0 Å². The number of anilines is 3. The molecule has 0 aromatic carbocycles. The average molecular weight is 391 g/mol. The van der Waals surface area contributed by atoms with Gasteiger partial charge >= 0.3 is 6.03 Å². The van der Waals surface area contributed by atoms with Crippen LogP contribution in [0.5, 0.6) is 5.88 Å². The number of hydrogen-bond acceptors (Lipinski definition) is 7. The molecule has 0 saturated heterocycles. The molecule has 3 aromatic rings. The van der Waals surface area contributed by atoms with Crippen LogP contribution in [0.15, 0.2) is 42.9 Å². The molecule has 0 bridgehead atoms. The molecule has 0 fully saturated rings. The number of rotatable bonds is 3. The molecule has 1 aliphatic rings. The third-order valence-corrected chi connectivity index (χ3v) is 4.51. The van der Waals surface area contributed by atoms with E-state index in [-0.39, 0.29) is 6.03 Å². The Balaban J connectivity index is 1.64. The van der Waals surface area contributed by atoms with E-state index in [2.05, 4.69) is 25.6 Å². The van der Waals surface area contributed by atoms with Crippen molar-refractivity contribution in [3.05, 3.63) is 48.5 Å². The third kappa shape index (κ3) is 4.08. The Hall–Kier alpha value is -3.75. The number of hydrogen-bond donors (Lipinski definition) is 2. The maximum absolute atomic E-state index is 13.0. The van der Waals surface area contributed by atoms with E-state index < -0.39 is 0 Å². The quantitative estimate of drug-likeness (QED) is 0.707. The Labute approximate surface area is 168 Å². The molecule has 2 amide bonds. The van der Waals surface area contributed by atoms with Gasteiger partial charge in [0.2, 0.25) is 5.88 Å². The summed E-state index contributed by atoms with van der Waals surface area (Å²) in [5, 5.41) is 6.12. The van der Waals surface area contributed by atoms with Gasteiger partial charge in [-0.25, -0.2) is 19.7 Å². The van der Waals surface area contributed by atoms with Crippen LogP contribution in [0.1, 0.15) is 12.1 Å². The fourth-order valence-corrected chi connectivity index (χ4v) is 3.08. The molecule has 0 aliphatic carbocycles. The molecule has 148 valence electrons. The summed E-state index contributed by atoms with van der Waals surface area (Å²) in [4.78, 5) is 31.8. The first-order valence-corrected chi connectivity index (χ1v) is 9.26. The van der Waals surface area contributed by atoms with Crippen molar-refractivity contribution in [1.29, 1.82) is 0 Å². The van der Waals surface area contributed by atoms with E-state index >= 15 is 0 Å². The van der Waals surface area contributed by atoms with Gasteiger partial charge in [0.1, 0.15) is 0 Å². The van der Waals surface area contributed by atoms with Crippen LogP contribution in [-0.2, 0) is 0 Å². The highest BCUT2D eigenvalue weighted by atomic mass is 16.5. The lowest BCUT2D eigenvalue weighted by atomic mass is 10.1. The second kappa shape index (κ2) is 8.09. The van der Waals surface area contributed by atoms with Gasteiger partial charge in [0, 0.05) is 30.5 Å². The normalized spacial score (nSPS) is 13.1. The number of carbonyl (C=O) groups excluding carboxylic acids is 1. The van der Waals surface area contributed by atoms with Crippen LogP contribution in [0.4, 0.5) is 22.1 Å². The van der Waals surface area contributed by atoms with Crippen LogP contribution in [-0.4, -0.2) is 46.2 Å². The number of aromatic nitrogens is 4. The van der Waals surface area contributed by atoms with Gasteiger partial charge in [-0.2, -0.15) is 0 Å². The van der Waals surface area contributed by atoms with Crippen LogP contribution in [0.2, 0.25) is 0 Å². The van der Waals surface area contributed by atoms with Crippen molar-refractivity contribution in [2.24, 2.45) is 0 Å². The molecular formula is C20H21N7O2. The first kappa shape index (κ1) is 18.6. The van der Waals surface area contributed by atoms with E-state index in [1.54, 1.807) is 11.1 Å². The fraction of sp³-hybridized carbons (Fsp3) is 0.250. The van der Waals surface area contributed by atoms with Gasteiger partial charge in [0.05, 0.1) is 30.9 Å². The predicted molar refractivity (Wildman–Crippen MR) is 110 cm³/mol. The van der Waals surface area contributed by atoms with Gasteiger partial charge in [-0.1, -0.05) is 0 Å². The maximum Gasteiger partial charge on any atom is 0.328 e. The van der Waals surface area contributed by atoms with E-state index in [0.29, 0.717) is 24.1 Å². The summed E-state index contributed by atoms with van der Waals surface area (Å²) in [5.74, 6) is 1.30. The van der Waals surface area contributed by atoms with Gasteiger partial charge in [-0.3, -0.25) is 15.2 Å². The molecule has 9 nitrogen and oxygen atoms in total. The molecule has 4 rings (SSSR count). The van der Waals surface area contributed by atoms with E-state index in [9.17, 15) is 4.79 Å². The summed E-state index contributed by atoms with van der Waals surface area (Å²) in [5.41, 5.74) is 3.45. The van der Waals surface area contributed by atoms with Gasteiger partial charge in [0.25, 0.3) is 0 Å². The summed E-state index contributed by atoms with van der Waals surface area (Å²) in [6, 6.07) is 7.45. The smallest absolute Gasteiger partial charge is 0.328 e. The molecule has 0 unspecified atom stereocenters. The minimum Gasteiger partial charge on any atom is -0.480 e. The van der Waals surface area contributed by atoms with Crippen LogP contribution in [0.25, 0.3) is 11.3 Å². The third-order valence-electron chi connectivity index (χ3n) is 4.51. The summed E-state index contributed by atoms with van der Waals surface area (Å²) < 4.78 is 5.00.